The van der Waals surface area contributed by atoms with Crippen molar-refractivity contribution in [2.24, 2.45) is 5.92 Å². The van der Waals surface area contributed by atoms with Crippen LogP contribution in [0.5, 0.6) is 0 Å². The predicted molar refractivity (Wildman–Crippen MR) is 67.6 cm³/mol. The Labute approximate surface area is 99.3 Å². The highest BCUT2D eigenvalue weighted by atomic mass is 15.4. The summed E-state index contributed by atoms with van der Waals surface area (Å²) in [6, 6.07) is 0. The third-order valence-electron chi connectivity index (χ3n) is 3.08. The van der Waals surface area contributed by atoms with Gasteiger partial charge in [-0.2, -0.15) is 5.10 Å². The molecule has 0 fully saturated rings. The Morgan fingerprint density at radius 1 is 1.38 bits per heavy atom. The molecular weight excluding hydrogens is 198 g/mol. The summed E-state index contributed by atoms with van der Waals surface area (Å²) >= 11 is 0. The fourth-order valence-electron chi connectivity index (χ4n) is 1.98. The van der Waals surface area contributed by atoms with Gasteiger partial charge in [0.1, 0.15) is 5.82 Å². The average Bonchev–Trinajstić information content (AvgIpc) is 2.74. The van der Waals surface area contributed by atoms with Gasteiger partial charge in [-0.25, -0.2) is 9.67 Å². The van der Waals surface area contributed by atoms with E-state index < -0.39 is 0 Å². The van der Waals surface area contributed by atoms with Crippen LogP contribution in [-0.4, -0.2) is 14.8 Å². The van der Waals surface area contributed by atoms with Crippen LogP contribution in [0.25, 0.3) is 0 Å². The number of hydrogen-bond donors (Lipinski definition) is 0. The maximum atomic E-state index is 4.60. The first kappa shape index (κ1) is 13.2. The Hall–Kier alpha value is -0.860. The standard InChI is InChI=1S/C11H19N3.C2H6/c1-4-9-5-6-14-10(7-9)12-11(13-14)8(2)3;1-2/h8-9H,4-7H2,1-3H3;1-2H3. The van der Waals surface area contributed by atoms with Crippen molar-refractivity contribution in [2.75, 3.05) is 0 Å². The highest BCUT2D eigenvalue weighted by molar-refractivity contribution is 5.00. The van der Waals surface area contributed by atoms with E-state index in [-0.39, 0.29) is 0 Å². The SMILES string of the molecule is CC.CCC1CCn2nc(C(C)C)nc2C1. The Morgan fingerprint density at radius 2 is 2.06 bits per heavy atom. The summed E-state index contributed by atoms with van der Waals surface area (Å²) in [6.45, 7) is 11.6. The first-order chi connectivity index (χ1) is 7.70. The van der Waals surface area contributed by atoms with Crippen molar-refractivity contribution in [3.8, 4) is 0 Å². The minimum atomic E-state index is 0.452. The van der Waals surface area contributed by atoms with Crippen LogP contribution in [0.1, 0.15) is 65.0 Å². The van der Waals surface area contributed by atoms with E-state index in [0.29, 0.717) is 5.92 Å². The molecule has 2 heterocycles. The van der Waals surface area contributed by atoms with Crippen LogP contribution in [0.15, 0.2) is 0 Å². The normalized spacial score (nSPS) is 19.0. The van der Waals surface area contributed by atoms with E-state index in [0.717, 1.165) is 24.7 Å². The quantitative estimate of drug-likeness (QED) is 0.769. The van der Waals surface area contributed by atoms with Gasteiger partial charge >= 0.3 is 0 Å². The zero-order chi connectivity index (χ0) is 12.1. The smallest absolute Gasteiger partial charge is 0.153 e. The van der Waals surface area contributed by atoms with Gasteiger partial charge in [0.25, 0.3) is 0 Å². The van der Waals surface area contributed by atoms with Crippen LogP contribution in [0.4, 0.5) is 0 Å². The number of aryl methyl sites for hydroxylation is 1. The van der Waals surface area contributed by atoms with Gasteiger partial charge < -0.3 is 0 Å². The lowest BCUT2D eigenvalue weighted by Gasteiger charge is -2.20. The van der Waals surface area contributed by atoms with Crippen LogP contribution in [-0.2, 0) is 13.0 Å². The summed E-state index contributed by atoms with van der Waals surface area (Å²) < 4.78 is 2.10. The highest BCUT2D eigenvalue weighted by Crippen LogP contribution is 2.22. The second-order valence-electron chi connectivity index (χ2n) is 4.53. The zero-order valence-corrected chi connectivity index (χ0v) is 11.3. The van der Waals surface area contributed by atoms with E-state index in [1.807, 2.05) is 13.8 Å². The second-order valence-corrected chi connectivity index (χ2v) is 4.53. The zero-order valence-electron chi connectivity index (χ0n) is 11.3. The van der Waals surface area contributed by atoms with Crippen LogP contribution >= 0.6 is 0 Å². The van der Waals surface area contributed by atoms with E-state index in [1.165, 1.54) is 18.7 Å². The van der Waals surface area contributed by atoms with Gasteiger partial charge in [0.2, 0.25) is 0 Å². The van der Waals surface area contributed by atoms with Crippen LogP contribution in [0, 0.1) is 5.92 Å². The molecule has 0 bridgehead atoms. The summed E-state index contributed by atoms with van der Waals surface area (Å²) in [6.07, 6.45) is 3.66. The lowest BCUT2D eigenvalue weighted by molar-refractivity contribution is 0.354. The van der Waals surface area contributed by atoms with Crippen molar-refractivity contribution in [3.63, 3.8) is 0 Å². The van der Waals surface area contributed by atoms with Gasteiger partial charge in [-0.15, -0.1) is 0 Å². The van der Waals surface area contributed by atoms with Gasteiger partial charge in [-0.05, 0) is 12.3 Å². The molecule has 3 nitrogen and oxygen atoms in total. The van der Waals surface area contributed by atoms with Crippen LogP contribution in [0.2, 0.25) is 0 Å². The fourth-order valence-corrected chi connectivity index (χ4v) is 1.98. The molecule has 0 saturated carbocycles. The molecular formula is C13H25N3. The third kappa shape index (κ3) is 2.83. The average molecular weight is 223 g/mol. The van der Waals surface area contributed by atoms with Gasteiger partial charge in [-0.3, -0.25) is 0 Å². The van der Waals surface area contributed by atoms with Crippen molar-refractivity contribution < 1.29 is 0 Å². The van der Waals surface area contributed by atoms with E-state index in [4.69, 9.17) is 0 Å². The molecule has 0 aliphatic carbocycles. The van der Waals surface area contributed by atoms with Crippen molar-refractivity contribution in [2.45, 2.75) is 66.3 Å². The number of hydrogen-bond acceptors (Lipinski definition) is 2. The third-order valence-corrected chi connectivity index (χ3v) is 3.08. The maximum Gasteiger partial charge on any atom is 0.153 e. The second kappa shape index (κ2) is 6.02. The highest BCUT2D eigenvalue weighted by Gasteiger charge is 2.21. The summed E-state index contributed by atoms with van der Waals surface area (Å²) in [5.74, 6) is 3.49. The maximum absolute atomic E-state index is 4.60. The predicted octanol–water partition coefficient (Wildman–Crippen LogP) is 3.40. The lowest BCUT2D eigenvalue weighted by atomic mass is 9.96. The van der Waals surface area contributed by atoms with Gasteiger partial charge in [0, 0.05) is 18.9 Å². The number of fused-ring (bicyclic) bond motifs is 1. The molecule has 0 saturated heterocycles. The molecule has 0 amide bonds. The molecule has 0 N–H and O–H groups in total. The van der Waals surface area contributed by atoms with Crippen molar-refractivity contribution >= 4 is 0 Å². The molecule has 1 aromatic heterocycles. The molecule has 3 heteroatoms. The summed E-state index contributed by atoms with van der Waals surface area (Å²) in [5.41, 5.74) is 0. The van der Waals surface area contributed by atoms with Gasteiger partial charge in [0.05, 0.1) is 0 Å². The van der Waals surface area contributed by atoms with E-state index in [2.05, 4.69) is 35.5 Å². The molecule has 2 rings (SSSR count). The van der Waals surface area contributed by atoms with Crippen molar-refractivity contribution in [3.05, 3.63) is 11.6 Å². The van der Waals surface area contributed by atoms with Crippen LogP contribution < -0.4 is 0 Å². The Kier molecular flexibility index (Phi) is 4.97. The Balaban J connectivity index is 0.000000606. The molecule has 0 radical (unpaired) electrons. The molecule has 92 valence electrons. The Bertz CT molecular complexity index is 315. The van der Waals surface area contributed by atoms with E-state index >= 15 is 0 Å². The van der Waals surface area contributed by atoms with Crippen LogP contribution in [0.3, 0.4) is 0 Å². The van der Waals surface area contributed by atoms with Crippen molar-refractivity contribution in [1.82, 2.24) is 14.8 Å². The fraction of sp³-hybridized carbons (Fsp3) is 0.846. The first-order valence-corrected chi connectivity index (χ1v) is 6.64. The number of aromatic nitrogens is 3. The first-order valence-electron chi connectivity index (χ1n) is 6.64. The monoisotopic (exact) mass is 223 g/mol. The van der Waals surface area contributed by atoms with E-state index in [9.17, 15) is 0 Å². The van der Waals surface area contributed by atoms with Gasteiger partial charge in [-0.1, -0.05) is 41.0 Å². The topological polar surface area (TPSA) is 30.7 Å². The van der Waals surface area contributed by atoms with Gasteiger partial charge in [0.15, 0.2) is 5.82 Å². The minimum Gasteiger partial charge on any atom is -0.250 e. The Morgan fingerprint density at radius 3 is 2.62 bits per heavy atom. The number of rotatable bonds is 2. The molecule has 1 aliphatic rings. The molecule has 16 heavy (non-hydrogen) atoms. The van der Waals surface area contributed by atoms with Crippen molar-refractivity contribution in [1.29, 1.82) is 0 Å². The molecule has 0 aromatic carbocycles. The summed E-state index contributed by atoms with van der Waals surface area (Å²) in [5, 5.41) is 4.52. The largest absolute Gasteiger partial charge is 0.250 e. The molecule has 0 spiro atoms. The molecule has 1 aromatic rings. The lowest BCUT2D eigenvalue weighted by Crippen LogP contribution is -2.19. The summed E-state index contributed by atoms with van der Waals surface area (Å²) in [4.78, 5) is 4.60. The molecule has 1 unspecified atom stereocenters. The minimum absolute atomic E-state index is 0.452. The molecule has 1 atom stereocenters. The molecule has 1 aliphatic heterocycles. The van der Waals surface area contributed by atoms with E-state index in [1.54, 1.807) is 0 Å². The number of nitrogens with zero attached hydrogens (tertiary/aromatic N) is 3. The summed E-state index contributed by atoms with van der Waals surface area (Å²) in [7, 11) is 0.